The van der Waals surface area contributed by atoms with Gasteiger partial charge in [-0.25, -0.2) is 4.79 Å². The molecule has 0 spiro atoms. The molecule has 0 radical (unpaired) electrons. The Labute approximate surface area is 118 Å². The van der Waals surface area contributed by atoms with Crippen LogP contribution in [0.15, 0.2) is 27.4 Å². The van der Waals surface area contributed by atoms with Crippen molar-refractivity contribution in [3.05, 3.63) is 28.7 Å². The smallest absolute Gasteiger partial charge is 0.417 e. The number of aromatic nitrogens is 1. The second-order valence-corrected chi connectivity index (χ2v) is 4.43. The van der Waals surface area contributed by atoms with Gasteiger partial charge in [0, 0.05) is 43.6 Å². The number of hydrogen-bond donors (Lipinski definition) is 1. The van der Waals surface area contributed by atoms with Gasteiger partial charge in [-0.15, -0.1) is 0 Å². The van der Waals surface area contributed by atoms with Crippen molar-refractivity contribution in [2.75, 3.05) is 18.0 Å². The molecule has 2 rings (SSSR count). The van der Waals surface area contributed by atoms with E-state index in [1.54, 1.807) is 23.1 Å². The quantitative estimate of drug-likeness (QED) is 0.637. The molecule has 1 N–H and O–H groups in total. The number of carboxylic acid groups (broad SMARTS) is 2. The Bertz CT molecular complexity index is 699. The lowest BCUT2D eigenvalue weighted by molar-refractivity contribution is -0.306. The fraction of sp³-hybridized carbons (Fsp3) is 0.308. The molecule has 0 saturated heterocycles. The molecule has 112 valence electrons. The van der Waals surface area contributed by atoms with Gasteiger partial charge in [-0.2, -0.15) is 0 Å². The zero-order valence-electron chi connectivity index (χ0n) is 11.0. The summed E-state index contributed by atoms with van der Waals surface area (Å²) in [6.07, 6.45) is -0.486. The maximum atomic E-state index is 11.1. The number of oxazole rings is 1. The molecule has 0 saturated carbocycles. The number of nitrogens with zero attached hydrogens (tertiary/aromatic N) is 1. The predicted octanol–water partition coefficient (Wildman–Crippen LogP) is -1.79. The third kappa shape index (κ3) is 3.85. The Morgan fingerprint density at radius 2 is 1.76 bits per heavy atom. The van der Waals surface area contributed by atoms with Gasteiger partial charge in [-0.1, -0.05) is 0 Å². The summed E-state index contributed by atoms with van der Waals surface area (Å²) in [6, 6.07) is 4.75. The van der Waals surface area contributed by atoms with Crippen LogP contribution in [0.4, 0.5) is 5.69 Å². The highest BCUT2D eigenvalue weighted by atomic mass is 16.4. The van der Waals surface area contributed by atoms with Gasteiger partial charge in [0.05, 0.1) is 5.52 Å². The molecule has 0 aliphatic heterocycles. The normalized spacial score (nSPS) is 10.7. The molecule has 0 unspecified atom stereocenters. The highest BCUT2D eigenvalue weighted by Gasteiger charge is 2.09. The van der Waals surface area contributed by atoms with Gasteiger partial charge in [0.25, 0.3) is 0 Å². The molecule has 2 aromatic rings. The molecule has 0 amide bonds. The third-order valence-electron chi connectivity index (χ3n) is 2.94. The highest BCUT2D eigenvalue weighted by Crippen LogP contribution is 2.20. The van der Waals surface area contributed by atoms with Crippen molar-refractivity contribution in [1.82, 2.24) is 4.98 Å². The molecule has 1 heterocycles. The van der Waals surface area contributed by atoms with Crippen LogP contribution < -0.4 is 20.9 Å². The van der Waals surface area contributed by atoms with E-state index < -0.39 is 17.7 Å². The number of carbonyl (C=O) groups excluding carboxylic acids is 2. The number of rotatable bonds is 7. The zero-order valence-corrected chi connectivity index (χ0v) is 11.0. The molecule has 21 heavy (non-hydrogen) atoms. The highest BCUT2D eigenvalue weighted by molar-refractivity contribution is 5.77. The Kier molecular flexibility index (Phi) is 4.27. The number of nitrogens with one attached hydrogen (secondary N) is 1. The summed E-state index contributed by atoms with van der Waals surface area (Å²) in [5, 5.41) is 21.1. The van der Waals surface area contributed by atoms with Crippen molar-refractivity contribution in [2.24, 2.45) is 0 Å². The Hall–Kier alpha value is -2.77. The van der Waals surface area contributed by atoms with Gasteiger partial charge in [0.1, 0.15) is 0 Å². The van der Waals surface area contributed by atoms with Crippen LogP contribution in [0.2, 0.25) is 0 Å². The first-order valence-corrected chi connectivity index (χ1v) is 6.23. The predicted molar refractivity (Wildman–Crippen MR) is 68.3 cm³/mol. The van der Waals surface area contributed by atoms with Crippen molar-refractivity contribution in [1.29, 1.82) is 0 Å². The molecule has 1 aromatic carbocycles. The summed E-state index contributed by atoms with van der Waals surface area (Å²) in [6.45, 7) is 0.173. The number of hydrogen-bond acceptors (Lipinski definition) is 7. The number of benzene rings is 1. The van der Waals surface area contributed by atoms with Crippen molar-refractivity contribution < 1.29 is 24.2 Å². The van der Waals surface area contributed by atoms with E-state index >= 15 is 0 Å². The molecule has 1 aromatic heterocycles. The van der Waals surface area contributed by atoms with Crippen molar-refractivity contribution in [3.63, 3.8) is 0 Å². The lowest BCUT2D eigenvalue weighted by atomic mass is 10.2. The molecule has 8 heteroatoms. The molecule has 0 atom stereocenters. The average Bonchev–Trinajstić information content (AvgIpc) is 2.77. The number of H-pyrrole nitrogens is 1. The molecule has 0 bridgehead atoms. The van der Waals surface area contributed by atoms with Crippen molar-refractivity contribution in [2.45, 2.75) is 12.8 Å². The van der Waals surface area contributed by atoms with Gasteiger partial charge in [0.2, 0.25) is 0 Å². The first-order valence-electron chi connectivity index (χ1n) is 6.23. The minimum absolute atomic E-state index is 0.0865. The van der Waals surface area contributed by atoms with E-state index in [1.165, 1.54) is 0 Å². The van der Waals surface area contributed by atoms with E-state index in [9.17, 15) is 24.6 Å². The standard InChI is InChI=1S/C13H14N2O6/c16-11(17)3-5-15(6-4-12(18)19)8-1-2-10-9(7-8)14-13(20)21-10/h1-2,7H,3-6H2,(H,14,20)(H,16,17)(H,18,19)/p-2. The molecule has 0 aliphatic carbocycles. The molecule has 0 fully saturated rings. The van der Waals surface area contributed by atoms with Crippen LogP contribution >= 0.6 is 0 Å². The van der Waals surface area contributed by atoms with Crippen molar-refractivity contribution in [3.8, 4) is 0 Å². The topological polar surface area (TPSA) is 130 Å². The summed E-state index contributed by atoms with van der Waals surface area (Å²) in [5.74, 6) is -3.06. The molecular formula is C13H12N2O6-2. The van der Waals surface area contributed by atoms with Crippen LogP contribution in [-0.4, -0.2) is 30.0 Å². The Balaban J connectivity index is 2.24. The maximum Gasteiger partial charge on any atom is 0.417 e. The lowest BCUT2D eigenvalue weighted by Crippen LogP contribution is -2.34. The van der Waals surface area contributed by atoms with Gasteiger partial charge < -0.3 is 29.1 Å². The van der Waals surface area contributed by atoms with Crippen LogP contribution in [0.25, 0.3) is 11.1 Å². The molecule has 0 aliphatic rings. The monoisotopic (exact) mass is 292 g/mol. The van der Waals surface area contributed by atoms with E-state index in [0.29, 0.717) is 16.8 Å². The van der Waals surface area contributed by atoms with Crippen LogP contribution in [0.1, 0.15) is 12.8 Å². The van der Waals surface area contributed by atoms with E-state index in [0.717, 1.165) is 0 Å². The molecule has 8 nitrogen and oxygen atoms in total. The van der Waals surface area contributed by atoms with Gasteiger partial charge >= 0.3 is 5.76 Å². The van der Waals surface area contributed by atoms with Gasteiger partial charge in [0.15, 0.2) is 5.58 Å². The van der Waals surface area contributed by atoms with Gasteiger partial charge in [-0.3, -0.25) is 4.98 Å². The first kappa shape index (κ1) is 14.6. The summed E-state index contributed by atoms with van der Waals surface area (Å²) in [7, 11) is 0. The Morgan fingerprint density at radius 3 is 2.33 bits per heavy atom. The van der Waals surface area contributed by atoms with E-state index in [2.05, 4.69) is 4.98 Å². The summed E-state index contributed by atoms with van der Waals surface area (Å²) < 4.78 is 4.86. The van der Waals surface area contributed by atoms with Crippen molar-refractivity contribution >= 4 is 28.7 Å². The van der Waals surface area contributed by atoms with E-state index in [1.807, 2.05) is 0 Å². The number of anilines is 1. The largest absolute Gasteiger partial charge is 0.550 e. The van der Waals surface area contributed by atoms with E-state index in [4.69, 9.17) is 4.42 Å². The Morgan fingerprint density at radius 1 is 1.14 bits per heavy atom. The lowest BCUT2D eigenvalue weighted by Gasteiger charge is -2.25. The number of carbonyl (C=O) groups is 2. The fourth-order valence-electron chi connectivity index (χ4n) is 1.96. The van der Waals surface area contributed by atoms with Crippen LogP contribution in [0, 0.1) is 0 Å². The van der Waals surface area contributed by atoms with Gasteiger partial charge in [-0.05, 0) is 18.2 Å². The average molecular weight is 292 g/mol. The third-order valence-corrected chi connectivity index (χ3v) is 2.94. The number of aliphatic carboxylic acids is 2. The second-order valence-electron chi connectivity index (χ2n) is 4.43. The maximum absolute atomic E-state index is 11.1. The van der Waals surface area contributed by atoms with Crippen LogP contribution in [0.3, 0.4) is 0 Å². The minimum Gasteiger partial charge on any atom is -0.550 e. The summed E-state index contributed by atoms with van der Waals surface area (Å²) >= 11 is 0. The SMILES string of the molecule is O=C([O-])CCN(CCC(=O)[O-])c1ccc2oc(=O)[nH]c2c1. The molecular weight excluding hydrogens is 280 g/mol. The fourth-order valence-corrected chi connectivity index (χ4v) is 1.96. The summed E-state index contributed by atoms with van der Waals surface area (Å²) in [4.78, 5) is 36.3. The second kappa shape index (κ2) is 6.12. The van der Waals surface area contributed by atoms with Crippen LogP contribution in [-0.2, 0) is 9.59 Å². The van der Waals surface area contributed by atoms with Crippen LogP contribution in [0.5, 0.6) is 0 Å². The summed E-state index contributed by atoms with van der Waals surface area (Å²) in [5.41, 5.74) is 1.38. The number of carboxylic acids is 2. The van der Waals surface area contributed by atoms with E-state index in [-0.39, 0.29) is 25.9 Å². The number of fused-ring (bicyclic) bond motifs is 1. The first-order chi connectivity index (χ1) is 9.95. The number of aromatic amines is 1. The minimum atomic E-state index is -1.23. The zero-order chi connectivity index (χ0) is 15.4.